The average molecular weight is 273 g/mol. The number of benzene rings is 1. The van der Waals surface area contributed by atoms with Gasteiger partial charge in [0.1, 0.15) is 0 Å². The minimum atomic E-state index is -0.791. The SMILES string of the molecule is CCC(C)(O)Cc1cn(-c2ccccc2C(C)=O)nn1. The zero-order valence-corrected chi connectivity index (χ0v) is 12.0. The Hall–Kier alpha value is -2.01. The van der Waals surface area contributed by atoms with Gasteiger partial charge in [0.05, 0.1) is 23.2 Å². The van der Waals surface area contributed by atoms with Crippen LogP contribution in [0.5, 0.6) is 0 Å². The fourth-order valence-electron chi connectivity index (χ4n) is 1.98. The highest BCUT2D eigenvalue weighted by atomic mass is 16.3. The van der Waals surface area contributed by atoms with Crippen molar-refractivity contribution in [1.82, 2.24) is 15.0 Å². The number of hydrogen-bond acceptors (Lipinski definition) is 4. The van der Waals surface area contributed by atoms with Crippen molar-refractivity contribution >= 4 is 5.78 Å². The van der Waals surface area contributed by atoms with Gasteiger partial charge in [-0.05, 0) is 32.4 Å². The van der Waals surface area contributed by atoms with Crippen molar-refractivity contribution in [3.8, 4) is 5.69 Å². The van der Waals surface area contributed by atoms with Gasteiger partial charge in [0.2, 0.25) is 0 Å². The van der Waals surface area contributed by atoms with Crippen LogP contribution in [0.3, 0.4) is 0 Å². The molecule has 2 aromatic rings. The lowest BCUT2D eigenvalue weighted by molar-refractivity contribution is 0.0554. The minimum absolute atomic E-state index is 0.0156. The van der Waals surface area contributed by atoms with Crippen LogP contribution >= 0.6 is 0 Å². The lowest BCUT2D eigenvalue weighted by Gasteiger charge is -2.18. The number of rotatable bonds is 5. The van der Waals surface area contributed by atoms with Gasteiger partial charge in [0.15, 0.2) is 5.78 Å². The summed E-state index contributed by atoms with van der Waals surface area (Å²) in [6, 6.07) is 7.26. The molecule has 0 fully saturated rings. The summed E-state index contributed by atoms with van der Waals surface area (Å²) in [4.78, 5) is 11.6. The fourth-order valence-corrected chi connectivity index (χ4v) is 1.98. The molecule has 0 bridgehead atoms. The Morgan fingerprint density at radius 2 is 2.10 bits per heavy atom. The lowest BCUT2D eigenvalue weighted by Crippen LogP contribution is -2.25. The molecule has 0 aliphatic heterocycles. The Morgan fingerprint density at radius 3 is 2.75 bits per heavy atom. The summed E-state index contributed by atoms with van der Waals surface area (Å²) < 4.78 is 1.58. The molecule has 2 rings (SSSR count). The summed E-state index contributed by atoms with van der Waals surface area (Å²) in [6.07, 6.45) is 2.83. The second-order valence-electron chi connectivity index (χ2n) is 5.26. The summed E-state index contributed by atoms with van der Waals surface area (Å²) >= 11 is 0. The van der Waals surface area contributed by atoms with Gasteiger partial charge in [-0.15, -0.1) is 5.10 Å². The van der Waals surface area contributed by atoms with Crippen LogP contribution in [0.15, 0.2) is 30.5 Å². The van der Waals surface area contributed by atoms with Crippen LogP contribution in [0.1, 0.15) is 43.2 Å². The second-order valence-corrected chi connectivity index (χ2v) is 5.26. The molecule has 5 nitrogen and oxygen atoms in total. The maximum atomic E-state index is 11.6. The minimum Gasteiger partial charge on any atom is -0.390 e. The monoisotopic (exact) mass is 273 g/mol. The summed E-state index contributed by atoms with van der Waals surface area (Å²) in [5.41, 5.74) is 1.22. The van der Waals surface area contributed by atoms with Gasteiger partial charge in [-0.25, -0.2) is 4.68 Å². The molecule has 0 radical (unpaired) electrons. The van der Waals surface area contributed by atoms with E-state index >= 15 is 0 Å². The van der Waals surface area contributed by atoms with E-state index in [1.165, 1.54) is 6.92 Å². The third-order valence-corrected chi connectivity index (χ3v) is 3.39. The molecule has 20 heavy (non-hydrogen) atoms. The van der Waals surface area contributed by atoms with Crippen molar-refractivity contribution in [2.24, 2.45) is 0 Å². The fraction of sp³-hybridized carbons (Fsp3) is 0.400. The number of carbonyl (C=O) groups excluding carboxylic acids is 1. The number of aliphatic hydroxyl groups is 1. The van der Waals surface area contributed by atoms with Crippen LogP contribution < -0.4 is 0 Å². The van der Waals surface area contributed by atoms with E-state index in [-0.39, 0.29) is 5.78 Å². The Labute approximate surface area is 118 Å². The molecule has 0 spiro atoms. The molecule has 0 aliphatic rings. The normalized spacial score (nSPS) is 14.0. The van der Waals surface area contributed by atoms with Crippen molar-refractivity contribution in [2.75, 3.05) is 0 Å². The molecule has 5 heteroatoms. The molecule has 1 N–H and O–H groups in total. The molecule has 1 aromatic heterocycles. The Morgan fingerprint density at radius 1 is 1.40 bits per heavy atom. The van der Waals surface area contributed by atoms with Crippen LogP contribution in [0.25, 0.3) is 5.69 Å². The number of aromatic nitrogens is 3. The molecule has 106 valence electrons. The molecule has 1 atom stereocenters. The molecule has 1 unspecified atom stereocenters. The summed E-state index contributed by atoms with van der Waals surface area (Å²) in [5.74, 6) is -0.0156. The molecule has 0 saturated carbocycles. The van der Waals surface area contributed by atoms with Gasteiger partial charge in [-0.2, -0.15) is 0 Å². The van der Waals surface area contributed by atoms with E-state index in [4.69, 9.17) is 0 Å². The predicted octanol–water partition coefficient (Wildman–Crippen LogP) is 2.17. The number of nitrogens with zero attached hydrogens (tertiary/aromatic N) is 3. The summed E-state index contributed by atoms with van der Waals surface area (Å²) in [5, 5.41) is 18.2. The molecule has 0 aliphatic carbocycles. The first-order chi connectivity index (χ1) is 9.43. The van der Waals surface area contributed by atoms with E-state index in [1.54, 1.807) is 23.9 Å². The van der Waals surface area contributed by atoms with Gasteiger partial charge in [-0.3, -0.25) is 4.79 Å². The summed E-state index contributed by atoms with van der Waals surface area (Å²) in [7, 11) is 0. The number of carbonyl (C=O) groups is 1. The first kappa shape index (κ1) is 14.4. The topological polar surface area (TPSA) is 68.0 Å². The molecule has 0 amide bonds. The Kier molecular flexibility index (Phi) is 3.99. The van der Waals surface area contributed by atoms with Gasteiger partial charge in [0, 0.05) is 12.0 Å². The van der Waals surface area contributed by atoms with Crippen molar-refractivity contribution in [2.45, 2.75) is 39.2 Å². The summed E-state index contributed by atoms with van der Waals surface area (Å²) in [6.45, 7) is 5.23. The zero-order valence-electron chi connectivity index (χ0n) is 12.0. The Balaban J connectivity index is 2.32. The van der Waals surface area contributed by atoms with Gasteiger partial charge >= 0.3 is 0 Å². The maximum Gasteiger partial charge on any atom is 0.161 e. The van der Waals surface area contributed by atoms with Crippen LogP contribution in [-0.4, -0.2) is 31.5 Å². The smallest absolute Gasteiger partial charge is 0.161 e. The van der Waals surface area contributed by atoms with E-state index in [0.29, 0.717) is 29.8 Å². The van der Waals surface area contributed by atoms with E-state index in [1.807, 2.05) is 25.1 Å². The van der Waals surface area contributed by atoms with Crippen molar-refractivity contribution in [3.05, 3.63) is 41.7 Å². The highest BCUT2D eigenvalue weighted by Crippen LogP contribution is 2.18. The van der Waals surface area contributed by atoms with Crippen LogP contribution in [0.4, 0.5) is 0 Å². The molecular weight excluding hydrogens is 254 g/mol. The molecule has 1 heterocycles. The molecule has 0 saturated heterocycles. The quantitative estimate of drug-likeness (QED) is 0.848. The van der Waals surface area contributed by atoms with E-state index in [0.717, 1.165) is 0 Å². The van der Waals surface area contributed by atoms with Crippen LogP contribution in [0.2, 0.25) is 0 Å². The first-order valence-electron chi connectivity index (χ1n) is 6.67. The number of para-hydroxylation sites is 1. The van der Waals surface area contributed by atoms with E-state index in [2.05, 4.69) is 10.3 Å². The van der Waals surface area contributed by atoms with Crippen molar-refractivity contribution < 1.29 is 9.90 Å². The zero-order chi connectivity index (χ0) is 14.8. The van der Waals surface area contributed by atoms with E-state index in [9.17, 15) is 9.90 Å². The highest BCUT2D eigenvalue weighted by molar-refractivity contribution is 5.97. The number of ketones is 1. The molecular formula is C15H19N3O2. The van der Waals surface area contributed by atoms with Gasteiger partial charge in [0.25, 0.3) is 0 Å². The highest BCUT2D eigenvalue weighted by Gasteiger charge is 2.20. The Bertz CT molecular complexity index is 617. The van der Waals surface area contributed by atoms with Gasteiger partial charge in [-0.1, -0.05) is 24.3 Å². The standard InChI is InChI=1S/C15H19N3O2/c1-4-15(3,20)9-12-10-18(17-16-12)14-8-6-5-7-13(14)11(2)19/h5-8,10,20H,4,9H2,1-3H3. The maximum absolute atomic E-state index is 11.6. The van der Waals surface area contributed by atoms with Crippen molar-refractivity contribution in [1.29, 1.82) is 0 Å². The predicted molar refractivity (Wildman–Crippen MR) is 76.0 cm³/mol. The number of hydrogen-bond donors (Lipinski definition) is 1. The average Bonchev–Trinajstić information content (AvgIpc) is 2.86. The van der Waals surface area contributed by atoms with Crippen molar-refractivity contribution in [3.63, 3.8) is 0 Å². The van der Waals surface area contributed by atoms with Crippen LogP contribution in [0, 0.1) is 0 Å². The largest absolute Gasteiger partial charge is 0.390 e. The number of Topliss-reactive ketones (excluding diaryl/α,β-unsaturated/α-hetero) is 1. The van der Waals surface area contributed by atoms with Gasteiger partial charge < -0.3 is 5.11 Å². The second kappa shape index (κ2) is 5.54. The lowest BCUT2D eigenvalue weighted by atomic mass is 9.98. The van der Waals surface area contributed by atoms with E-state index < -0.39 is 5.60 Å². The third kappa shape index (κ3) is 3.11. The molecule has 1 aromatic carbocycles. The third-order valence-electron chi connectivity index (χ3n) is 3.39. The first-order valence-corrected chi connectivity index (χ1v) is 6.67. The van der Waals surface area contributed by atoms with Crippen LogP contribution in [-0.2, 0) is 6.42 Å².